The SMILES string of the molecule is CCC(Sc1ccc(C)cc1)C(=O)Nc1cc(C)nc2ccccc12. The maximum atomic E-state index is 12.8. The number of para-hydroxylation sites is 1. The Hall–Kier alpha value is -2.33. The second-order valence-corrected chi connectivity index (χ2v) is 7.42. The zero-order chi connectivity index (χ0) is 17.8. The molecular formula is C21H22N2OS. The van der Waals surface area contributed by atoms with Crippen LogP contribution in [0.2, 0.25) is 0 Å². The standard InChI is InChI=1S/C21H22N2OS/c1-4-20(25-16-11-9-14(2)10-12-16)21(24)23-19-13-15(3)22-18-8-6-5-7-17(18)19/h5-13,20H,4H2,1-3H3,(H,22,23,24). The number of benzene rings is 2. The van der Waals surface area contributed by atoms with Gasteiger partial charge in [-0.05, 0) is 44.5 Å². The predicted molar refractivity (Wildman–Crippen MR) is 106 cm³/mol. The zero-order valence-corrected chi connectivity index (χ0v) is 15.6. The third kappa shape index (κ3) is 4.20. The molecular weight excluding hydrogens is 328 g/mol. The second kappa shape index (κ2) is 7.70. The molecule has 0 saturated carbocycles. The number of nitrogens with zero attached hydrogens (tertiary/aromatic N) is 1. The third-order valence-corrected chi connectivity index (χ3v) is 5.44. The van der Waals surface area contributed by atoms with Gasteiger partial charge in [-0.25, -0.2) is 0 Å². The van der Waals surface area contributed by atoms with E-state index in [0.29, 0.717) is 0 Å². The number of carbonyl (C=O) groups excluding carboxylic acids is 1. The van der Waals surface area contributed by atoms with Crippen molar-refractivity contribution in [1.29, 1.82) is 0 Å². The Balaban J connectivity index is 1.81. The van der Waals surface area contributed by atoms with Crippen molar-refractivity contribution in [2.75, 3.05) is 5.32 Å². The van der Waals surface area contributed by atoms with Crippen LogP contribution in [0.4, 0.5) is 5.69 Å². The second-order valence-electron chi connectivity index (χ2n) is 6.15. The van der Waals surface area contributed by atoms with E-state index in [1.165, 1.54) is 5.56 Å². The highest BCUT2D eigenvalue weighted by Gasteiger charge is 2.19. The van der Waals surface area contributed by atoms with Gasteiger partial charge in [-0.2, -0.15) is 0 Å². The van der Waals surface area contributed by atoms with Crippen LogP contribution < -0.4 is 5.32 Å². The van der Waals surface area contributed by atoms with E-state index in [4.69, 9.17) is 0 Å². The summed E-state index contributed by atoms with van der Waals surface area (Å²) < 4.78 is 0. The molecule has 25 heavy (non-hydrogen) atoms. The number of anilines is 1. The van der Waals surface area contributed by atoms with Crippen molar-refractivity contribution in [3.05, 3.63) is 65.9 Å². The van der Waals surface area contributed by atoms with Gasteiger partial charge in [0, 0.05) is 16.0 Å². The van der Waals surface area contributed by atoms with Gasteiger partial charge >= 0.3 is 0 Å². The number of hydrogen-bond acceptors (Lipinski definition) is 3. The minimum Gasteiger partial charge on any atom is -0.324 e. The maximum Gasteiger partial charge on any atom is 0.237 e. The lowest BCUT2D eigenvalue weighted by atomic mass is 10.1. The van der Waals surface area contributed by atoms with Gasteiger partial charge in [0.05, 0.1) is 16.5 Å². The number of hydrogen-bond donors (Lipinski definition) is 1. The number of rotatable bonds is 5. The lowest BCUT2D eigenvalue weighted by Gasteiger charge is -2.16. The van der Waals surface area contributed by atoms with Crippen LogP contribution in [0.25, 0.3) is 10.9 Å². The van der Waals surface area contributed by atoms with Gasteiger partial charge in [-0.3, -0.25) is 9.78 Å². The highest BCUT2D eigenvalue weighted by atomic mass is 32.2. The summed E-state index contributed by atoms with van der Waals surface area (Å²) >= 11 is 1.61. The molecule has 0 saturated heterocycles. The Morgan fingerprint density at radius 2 is 1.84 bits per heavy atom. The van der Waals surface area contributed by atoms with Crippen molar-refractivity contribution >= 4 is 34.3 Å². The normalized spacial score (nSPS) is 12.1. The first kappa shape index (κ1) is 17.5. The first-order valence-corrected chi connectivity index (χ1v) is 9.35. The van der Waals surface area contributed by atoms with Crippen molar-refractivity contribution in [3.63, 3.8) is 0 Å². The summed E-state index contributed by atoms with van der Waals surface area (Å²) in [5.74, 6) is 0.0313. The van der Waals surface area contributed by atoms with Gasteiger partial charge in [-0.15, -0.1) is 11.8 Å². The first-order chi connectivity index (χ1) is 12.1. The summed E-state index contributed by atoms with van der Waals surface area (Å²) in [5.41, 5.74) is 3.85. The van der Waals surface area contributed by atoms with Crippen molar-refractivity contribution in [3.8, 4) is 0 Å². The van der Waals surface area contributed by atoms with Gasteiger partial charge < -0.3 is 5.32 Å². The molecule has 0 spiro atoms. The van der Waals surface area contributed by atoms with E-state index >= 15 is 0 Å². The Morgan fingerprint density at radius 3 is 2.56 bits per heavy atom. The fraction of sp³-hybridized carbons (Fsp3) is 0.238. The van der Waals surface area contributed by atoms with E-state index in [1.54, 1.807) is 11.8 Å². The molecule has 0 bridgehead atoms. The first-order valence-electron chi connectivity index (χ1n) is 8.47. The van der Waals surface area contributed by atoms with E-state index in [-0.39, 0.29) is 11.2 Å². The number of pyridine rings is 1. The van der Waals surface area contributed by atoms with Crippen LogP contribution in [0, 0.1) is 13.8 Å². The van der Waals surface area contributed by atoms with Gasteiger partial charge in [0.25, 0.3) is 0 Å². The van der Waals surface area contributed by atoms with E-state index in [9.17, 15) is 4.79 Å². The van der Waals surface area contributed by atoms with Gasteiger partial charge in [0.2, 0.25) is 5.91 Å². The molecule has 3 rings (SSSR count). The number of aryl methyl sites for hydroxylation is 2. The van der Waals surface area contributed by atoms with Gasteiger partial charge in [-0.1, -0.05) is 42.8 Å². The van der Waals surface area contributed by atoms with E-state index < -0.39 is 0 Å². The van der Waals surface area contributed by atoms with E-state index in [2.05, 4.69) is 41.5 Å². The molecule has 2 aromatic carbocycles. The lowest BCUT2D eigenvalue weighted by Crippen LogP contribution is -2.24. The number of thioether (sulfide) groups is 1. The Kier molecular flexibility index (Phi) is 5.39. The molecule has 1 amide bonds. The van der Waals surface area contributed by atoms with E-state index in [1.807, 2.05) is 44.2 Å². The zero-order valence-electron chi connectivity index (χ0n) is 14.7. The average molecular weight is 350 g/mol. The highest BCUT2D eigenvalue weighted by Crippen LogP contribution is 2.28. The minimum absolute atomic E-state index is 0.0313. The number of nitrogens with one attached hydrogen (secondary N) is 1. The molecule has 0 aliphatic rings. The summed E-state index contributed by atoms with van der Waals surface area (Å²) in [5, 5.41) is 3.95. The van der Waals surface area contributed by atoms with Crippen molar-refractivity contribution in [2.24, 2.45) is 0 Å². The fourth-order valence-corrected chi connectivity index (χ4v) is 3.68. The molecule has 3 nitrogen and oxygen atoms in total. The topological polar surface area (TPSA) is 42.0 Å². The Morgan fingerprint density at radius 1 is 1.12 bits per heavy atom. The molecule has 0 aliphatic heterocycles. The third-order valence-electron chi connectivity index (χ3n) is 4.06. The van der Waals surface area contributed by atoms with Crippen LogP contribution in [-0.4, -0.2) is 16.1 Å². The largest absolute Gasteiger partial charge is 0.324 e. The van der Waals surface area contributed by atoms with E-state index in [0.717, 1.165) is 33.6 Å². The van der Waals surface area contributed by atoms with Crippen LogP contribution >= 0.6 is 11.8 Å². The monoisotopic (exact) mass is 350 g/mol. The molecule has 128 valence electrons. The summed E-state index contributed by atoms with van der Waals surface area (Å²) in [4.78, 5) is 18.5. The Bertz CT molecular complexity index is 890. The van der Waals surface area contributed by atoms with Crippen molar-refractivity contribution in [2.45, 2.75) is 37.3 Å². The van der Waals surface area contributed by atoms with Crippen LogP contribution in [0.1, 0.15) is 24.6 Å². The minimum atomic E-state index is -0.130. The molecule has 4 heteroatoms. The summed E-state index contributed by atoms with van der Waals surface area (Å²) in [6, 6.07) is 18.1. The average Bonchev–Trinajstić information content (AvgIpc) is 2.61. The van der Waals surface area contributed by atoms with Crippen LogP contribution in [0.15, 0.2) is 59.5 Å². The molecule has 1 aromatic heterocycles. The summed E-state index contributed by atoms with van der Waals surface area (Å²) in [6.07, 6.45) is 0.770. The van der Waals surface area contributed by atoms with Crippen LogP contribution in [-0.2, 0) is 4.79 Å². The predicted octanol–water partition coefficient (Wildman–Crippen LogP) is 5.36. The molecule has 1 heterocycles. The fourth-order valence-electron chi connectivity index (χ4n) is 2.73. The number of carbonyl (C=O) groups is 1. The van der Waals surface area contributed by atoms with Crippen LogP contribution in [0.3, 0.4) is 0 Å². The van der Waals surface area contributed by atoms with Gasteiger partial charge in [0.1, 0.15) is 0 Å². The number of aromatic nitrogens is 1. The van der Waals surface area contributed by atoms with Gasteiger partial charge in [0.15, 0.2) is 0 Å². The summed E-state index contributed by atoms with van der Waals surface area (Å²) in [7, 11) is 0. The number of fused-ring (bicyclic) bond motifs is 1. The van der Waals surface area contributed by atoms with Crippen molar-refractivity contribution in [1.82, 2.24) is 4.98 Å². The molecule has 0 fully saturated rings. The maximum absolute atomic E-state index is 12.8. The van der Waals surface area contributed by atoms with Crippen LogP contribution in [0.5, 0.6) is 0 Å². The molecule has 0 radical (unpaired) electrons. The quantitative estimate of drug-likeness (QED) is 0.630. The molecule has 1 N–H and O–H groups in total. The highest BCUT2D eigenvalue weighted by molar-refractivity contribution is 8.00. The molecule has 3 aromatic rings. The summed E-state index contributed by atoms with van der Waals surface area (Å²) in [6.45, 7) is 6.05. The molecule has 1 atom stereocenters. The number of amides is 1. The lowest BCUT2D eigenvalue weighted by molar-refractivity contribution is -0.115. The smallest absolute Gasteiger partial charge is 0.237 e. The van der Waals surface area contributed by atoms with Crippen molar-refractivity contribution < 1.29 is 4.79 Å². The molecule has 0 aliphatic carbocycles. The Labute approximate surface area is 152 Å². The molecule has 1 unspecified atom stereocenters.